The fourth-order valence-corrected chi connectivity index (χ4v) is 4.94. The summed E-state index contributed by atoms with van der Waals surface area (Å²) in [7, 11) is 0. The van der Waals surface area contributed by atoms with E-state index in [1.165, 1.54) is 114 Å². The van der Waals surface area contributed by atoms with Crippen molar-refractivity contribution < 1.29 is 5.11 Å². The predicted octanol–water partition coefficient (Wildman–Crippen LogP) is 8.68. The van der Waals surface area contributed by atoms with Gasteiger partial charge in [0.2, 0.25) is 0 Å². The Bertz CT molecular complexity index is 548. The predicted molar refractivity (Wildman–Crippen MR) is 142 cm³/mol. The van der Waals surface area contributed by atoms with Gasteiger partial charge in [0, 0.05) is 6.04 Å². The molecule has 0 saturated heterocycles. The Morgan fingerprint density at radius 3 is 1.84 bits per heavy atom. The number of benzene rings is 1. The smallest absolute Gasteiger partial charge is 0.119 e. The highest BCUT2D eigenvalue weighted by Gasteiger charge is 2.19. The molecule has 1 aliphatic carbocycles. The molecular formula is C28H50BrNO. The van der Waals surface area contributed by atoms with Crippen LogP contribution >= 0.6 is 17.0 Å². The van der Waals surface area contributed by atoms with E-state index >= 15 is 0 Å². The molecule has 31 heavy (non-hydrogen) atoms. The molecule has 0 spiro atoms. The fourth-order valence-electron chi connectivity index (χ4n) is 4.94. The lowest BCUT2D eigenvalue weighted by Gasteiger charge is -2.26. The van der Waals surface area contributed by atoms with Crippen molar-refractivity contribution in [3.8, 4) is 5.75 Å². The molecule has 3 heteroatoms. The summed E-state index contributed by atoms with van der Waals surface area (Å²) in [5.74, 6) is 0.490. The molecule has 2 rings (SSSR count). The Morgan fingerprint density at radius 2 is 1.29 bits per heavy atom. The molecule has 0 aromatic heterocycles. The van der Waals surface area contributed by atoms with Crippen LogP contribution in [0.25, 0.3) is 0 Å². The number of unbranched alkanes of at least 4 members (excludes halogenated alkanes) is 15. The van der Waals surface area contributed by atoms with Crippen molar-refractivity contribution in [2.45, 2.75) is 135 Å². The highest BCUT2D eigenvalue weighted by atomic mass is 79.9. The Labute approximate surface area is 203 Å². The molecule has 0 radical (unpaired) electrons. The third-order valence-electron chi connectivity index (χ3n) is 6.92. The number of phenolic OH excluding ortho intramolecular Hbond substituents is 1. The fraction of sp³-hybridized carbons (Fsp3) is 0.786. The van der Waals surface area contributed by atoms with Crippen molar-refractivity contribution in [2.75, 3.05) is 6.54 Å². The standard InChI is InChI=1S/C28H49NO.BrH/c1-2-3-4-5-6-7-8-9-10-11-12-13-14-15-16-17-23-29-26-21-22-27-25(24-26)19-18-20-28(27)30;/h18-20,26,29-30H,2-17,21-24H2,1H3;1H. The van der Waals surface area contributed by atoms with Gasteiger partial charge in [-0.25, -0.2) is 0 Å². The van der Waals surface area contributed by atoms with Gasteiger partial charge in [-0.3, -0.25) is 0 Å². The van der Waals surface area contributed by atoms with Crippen molar-refractivity contribution in [3.05, 3.63) is 29.3 Å². The molecule has 2 N–H and O–H groups in total. The topological polar surface area (TPSA) is 32.3 Å². The average Bonchev–Trinajstić information content (AvgIpc) is 2.76. The first kappa shape index (κ1) is 28.5. The lowest BCUT2D eigenvalue weighted by atomic mass is 9.87. The zero-order valence-corrected chi connectivity index (χ0v) is 22.0. The minimum Gasteiger partial charge on any atom is -0.508 e. The van der Waals surface area contributed by atoms with Gasteiger partial charge in [0.25, 0.3) is 0 Å². The van der Waals surface area contributed by atoms with Gasteiger partial charge in [0.15, 0.2) is 0 Å². The second-order valence-electron chi connectivity index (χ2n) is 9.61. The SMILES string of the molecule is Br.CCCCCCCCCCCCCCCCCCNC1CCc2c(O)cccc2C1. The third kappa shape index (κ3) is 12.9. The first-order valence-corrected chi connectivity index (χ1v) is 13.3. The van der Waals surface area contributed by atoms with Crippen molar-refractivity contribution in [1.29, 1.82) is 0 Å². The van der Waals surface area contributed by atoms with Gasteiger partial charge in [-0.15, -0.1) is 17.0 Å². The van der Waals surface area contributed by atoms with Crippen molar-refractivity contribution in [3.63, 3.8) is 0 Å². The normalized spacial score (nSPS) is 15.5. The van der Waals surface area contributed by atoms with E-state index in [2.05, 4.69) is 18.3 Å². The highest BCUT2D eigenvalue weighted by molar-refractivity contribution is 8.93. The number of aromatic hydroxyl groups is 1. The highest BCUT2D eigenvalue weighted by Crippen LogP contribution is 2.28. The van der Waals surface area contributed by atoms with Crippen molar-refractivity contribution >= 4 is 17.0 Å². The summed E-state index contributed by atoms with van der Waals surface area (Å²) in [5, 5.41) is 13.7. The van der Waals surface area contributed by atoms with Crippen LogP contribution in [0.15, 0.2) is 18.2 Å². The largest absolute Gasteiger partial charge is 0.508 e. The van der Waals surface area contributed by atoms with Crippen LogP contribution in [0.3, 0.4) is 0 Å². The maximum atomic E-state index is 9.95. The Hall–Kier alpha value is -0.540. The molecule has 0 heterocycles. The third-order valence-corrected chi connectivity index (χ3v) is 6.92. The van der Waals surface area contributed by atoms with E-state index in [9.17, 15) is 5.11 Å². The molecule has 1 atom stereocenters. The van der Waals surface area contributed by atoms with E-state index < -0.39 is 0 Å². The Morgan fingerprint density at radius 1 is 0.774 bits per heavy atom. The van der Waals surface area contributed by atoms with Crippen LogP contribution in [-0.2, 0) is 12.8 Å². The second-order valence-corrected chi connectivity index (χ2v) is 9.61. The molecule has 1 unspecified atom stereocenters. The van der Waals surface area contributed by atoms with Gasteiger partial charge in [0.05, 0.1) is 0 Å². The quantitative estimate of drug-likeness (QED) is 0.199. The van der Waals surface area contributed by atoms with Gasteiger partial charge >= 0.3 is 0 Å². The summed E-state index contributed by atoms with van der Waals surface area (Å²) < 4.78 is 0. The van der Waals surface area contributed by atoms with Crippen molar-refractivity contribution in [1.82, 2.24) is 5.32 Å². The van der Waals surface area contributed by atoms with E-state index in [4.69, 9.17) is 0 Å². The number of nitrogens with one attached hydrogen (secondary N) is 1. The van der Waals surface area contributed by atoms with E-state index in [1.807, 2.05) is 12.1 Å². The molecule has 0 aliphatic heterocycles. The van der Waals surface area contributed by atoms with E-state index in [0.29, 0.717) is 11.8 Å². The molecule has 0 fully saturated rings. The zero-order chi connectivity index (χ0) is 21.3. The van der Waals surface area contributed by atoms with Crippen LogP contribution in [0.4, 0.5) is 0 Å². The summed E-state index contributed by atoms with van der Waals surface area (Å²) in [4.78, 5) is 0. The lowest BCUT2D eigenvalue weighted by Crippen LogP contribution is -2.35. The van der Waals surface area contributed by atoms with Gasteiger partial charge in [0.1, 0.15) is 5.75 Å². The summed E-state index contributed by atoms with van der Waals surface area (Å²) in [6, 6.07) is 6.57. The van der Waals surface area contributed by atoms with Crippen molar-refractivity contribution in [2.24, 2.45) is 0 Å². The van der Waals surface area contributed by atoms with Gasteiger partial charge in [-0.1, -0.05) is 115 Å². The van der Waals surface area contributed by atoms with Gasteiger partial charge in [-0.2, -0.15) is 0 Å². The molecule has 0 saturated carbocycles. The van der Waals surface area contributed by atoms with Crippen LogP contribution in [0.5, 0.6) is 5.75 Å². The van der Waals surface area contributed by atoms with Gasteiger partial charge in [-0.05, 0) is 49.4 Å². The van der Waals surface area contributed by atoms with Crippen LogP contribution in [0.2, 0.25) is 0 Å². The number of phenols is 1. The molecule has 1 aromatic carbocycles. The van der Waals surface area contributed by atoms with E-state index in [-0.39, 0.29) is 17.0 Å². The molecule has 180 valence electrons. The molecule has 0 amide bonds. The lowest BCUT2D eigenvalue weighted by molar-refractivity contribution is 0.426. The Kier molecular flexibility index (Phi) is 17.4. The number of rotatable bonds is 18. The molecule has 2 nitrogen and oxygen atoms in total. The summed E-state index contributed by atoms with van der Waals surface area (Å²) in [6.07, 6.45) is 26.1. The maximum Gasteiger partial charge on any atom is 0.119 e. The first-order valence-electron chi connectivity index (χ1n) is 13.3. The first-order chi connectivity index (χ1) is 14.8. The van der Waals surface area contributed by atoms with Crippen LogP contribution < -0.4 is 5.32 Å². The number of halogens is 1. The van der Waals surface area contributed by atoms with Gasteiger partial charge < -0.3 is 10.4 Å². The monoisotopic (exact) mass is 495 g/mol. The maximum absolute atomic E-state index is 9.95. The minimum atomic E-state index is 0. The van der Waals surface area contributed by atoms with E-state index in [0.717, 1.165) is 25.8 Å². The average molecular weight is 497 g/mol. The number of hydrogen-bond acceptors (Lipinski definition) is 2. The Balaban J connectivity index is 0.00000480. The molecule has 1 aromatic rings. The van der Waals surface area contributed by atoms with Crippen LogP contribution in [-0.4, -0.2) is 17.7 Å². The zero-order valence-electron chi connectivity index (χ0n) is 20.3. The summed E-state index contributed by atoms with van der Waals surface area (Å²) >= 11 is 0. The summed E-state index contributed by atoms with van der Waals surface area (Å²) in [5.41, 5.74) is 2.52. The summed E-state index contributed by atoms with van der Waals surface area (Å²) in [6.45, 7) is 3.44. The van der Waals surface area contributed by atoms with Crippen LogP contribution in [0.1, 0.15) is 127 Å². The minimum absolute atomic E-state index is 0. The van der Waals surface area contributed by atoms with E-state index in [1.54, 1.807) is 0 Å². The van der Waals surface area contributed by atoms with Crippen LogP contribution in [0, 0.1) is 0 Å². The number of hydrogen-bond donors (Lipinski definition) is 2. The second kappa shape index (κ2) is 19.0. The molecule has 1 aliphatic rings. The molecular weight excluding hydrogens is 446 g/mol. The number of fused-ring (bicyclic) bond motifs is 1. The molecule has 0 bridgehead atoms.